The third kappa shape index (κ3) is 3.19. The molecule has 3 aromatic rings. The van der Waals surface area contributed by atoms with E-state index in [1.807, 2.05) is 6.92 Å². The summed E-state index contributed by atoms with van der Waals surface area (Å²) in [5.74, 6) is 0.442. The van der Waals surface area contributed by atoms with E-state index in [1.54, 1.807) is 11.6 Å². The zero-order chi connectivity index (χ0) is 20.1. The SMILES string of the molecule is Cc1nc2c(c([C@H]3CCCO3)nn2[C@@H](C)c2ccc(C(F)(F)F)cc2)c(=O)[nH]1. The van der Waals surface area contributed by atoms with Crippen LogP contribution in [-0.2, 0) is 10.9 Å². The standard InChI is InChI=1S/C19H19F3N4O2/c1-10(12-5-7-13(8-6-12)19(20,21)22)26-17-15(18(27)24-11(2)23-17)16(25-26)14-4-3-9-28-14/h5-8,10,14H,3-4,9H2,1-2H3,(H,23,24,27)/t10-,14+/m0/s1. The molecule has 9 heteroatoms. The molecule has 2 aromatic heterocycles. The summed E-state index contributed by atoms with van der Waals surface area (Å²) in [6.07, 6.45) is -3.04. The van der Waals surface area contributed by atoms with E-state index in [0.717, 1.165) is 25.0 Å². The third-order valence-electron chi connectivity index (χ3n) is 5.03. The van der Waals surface area contributed by atoms with Gasteiger partial charge in [-0.2, -0.15) is 18.3 Å². The molecule has 0 radical (unpaired) electrons. The maximum atomic E-state index is 12.8. The monoisotopic (exact) mass is 392 g/mol. The minimum Gasteiger partial charge on any atom is -0.372 e. The Bertz CT molecular complexity index is 1060. The number of aromatic amines is 1. The van der Waals surface area contributed by atoms with Gasteiger partial charge in [0.15, 0.2) is 5.65 Å². The lowest BCUT2D eigenvalue weighted by molar-refractivity contribution is -0.137. The largest absolute Gasteiger partial charge is 0.416 e. The second-order valence-electron chi connectivity index (χ2n) is 6.98. The summed E-state index contributed by atoms with van der Waals surface area (Å²) >= 11 is 0. The van der Waals surface area contributed by atoms with Crippen molar-refractivity contribution >= 4 is 11.0 Å². The molecule has 1 aliphatic rings. The Balaban J connectivity index is 1.82. The van der Waals surface area contributed by atoms with Gasteiger partial charge in [0, 0.05) is 6.61 Å². The number of aromatic nitrogens is 4. The van der Waals surface area contributed by atoms with Crippen LogP contribution in [0.2, 0.25) is 0 Å². The van der Waals surface area contributed by atoms with Crippen molar-refractivity contribution in [2.75, 3.05) is 6.61 Å². The van der Waals surface area contributed by atoms with E-state index < -0.39 is 17.8 Å². The molecule has 3 heterocycles. The van der Waals surface area contributed by atoms with Crippen LogP contribution in [0.25, 0.3) is 11.0 Å². The Kier molecular flexibility index (Phi) is 4.49. The Morgan fingerprint density at radius 1 is 1.29 bits per heavy atom. The second-order valence-corrected chi connectivity index (χ2v) is 6.98. The number of nitrogens with one attached hydrogen (secondary N) is 1. The fraction of sp³-hybridized carbons (Fsp3) is 0.421. The van der Waals surface area contributed by atoms with E-state index >= 15 is 0 Å². The number of H-pyrrole nitrogens is 1. The number of rotatable bonds is 3. The maximum Gasteiger partial charge on any atom is 0.416 e. The van der Waals surface area contributed by atoms with E-state index in [9.17, 15) is 18.0 Å². The summed E-state index contributed by atoms with van der Waals surface area (Å²) in [7, 11) is 0. The molecule has 2 atom stereocenters. The highest BCUT2D eigenvalue weighted by Gasteiger charge is 2.31. The molecule has 148 valence electrons. The van der Waals surface area contributed by atoms with Gasteiger partial charge in [-0.3, -0.25) is 4.79 Å². The highest BCUT2D eigenvalue weighted by molar-refractivity contribution is 5.78. The first-order chi connectivity index (χ1) is 13.3. The van der Waals surface area contributed by atoms with E-state index in [4.69, 9.17) is 4.74 Å². The van der Waals surface area contributed by atoms with Crippen molar-refractivity contribution in [3.63, 3.8) is 0 Å². The van der Waals surface area contributed by atoms with Gasteiger partial charge in [0.25, 0.3) is 5.56 Å². The summed E-state index contributed by atoms with van der Waals surface area (Å²) in [5.41, 5.74) is 0.563. The van der Waals surface area contributed by atoms with Crippen LogP contribution >= 0.6 is 0 Å². The van der Waals surface area contributed by atoms with Gasteiger partial charge >= 0.3 is 6.18 Å². The predicted molar refractivity (Wildman–Crippen MR) is 96.1 cm³/mol. The van der Waals surface area contributed by atoms with Crippen molar-refractivity contribution in [3.8, 4) is 0 Å². The van der Waals surface area contributed by atoms with Crippen LogP contribution in [0.3, 0.4) is 0 Å². The molecular formula is C19H19F3N4O2. The Morgan fingerprint density at radius 2 is 2.00 bits per heavy atom. The second kappa shape index (κ2) is 6.73. The molecular weight excluding hydrogens is 373 g/mol. The zero-order valence-corrected chi connectivity index (χ0v) is 15.4. The smallest absolute Gasteiger partial charge is 0.372 e. The van der Waals surface area contributed by atoms with Crippen LogP contribution in [0.4, 0.5) is 13.2 Å². The van der Waals surface area contributed by atoms with Gasteiger partial charge in [-0.15, -0.1) is 0 Å². The minimum atomic E-state index is -4.39. The normalized spacial score (nSPS) is 18.7. The van der Waals surface area contributed by atoms with Gasteiger partial charge in [0.05, 0.1) is 11.6 Å². The lowest BCUT2D eigenvalue weighted by Crippen LogP contribution is -2.13. The van der Waals surface area contributed by atoms with Crippen molar-refractivity contribution in [3.05, 3.63) is 57.3 Å². The highest BCUT2D eigenvalue weighted by Crippen LogP contribution is 2.34. The first-order valence-corrected chi connectivity index (χ1v) is 9.03. The molecule has 0 amide bonds. The molecule has 0 spiro atoms. The first kappa shape index (κ1) is 18.7. The number of aryl methyl sites for hydroxylation is 1. The maximum absolute atomic E-state index is 12.8. The first-order valence-electron chi connectivity index (χ1n) is 9.03. The molecule has 1 saturated heterocycles. The lowest BCUT2D eigenvalue weighted by Gasteiger charge is -2.15. The van der Waals surface area contributed by atoms with Crippen molar-refractivity contribution in [2.45, 2.75) is 45.0 Å². The average Bonchev–Trinajstić information content (AvgIpc) is 3.28. The molecule has 1 fully saturated rings. The molecule has 6 nitrogen and oxygen atoms in total. The van der Waals surface area contributed by atoms with Crippen LogP contribution < -0.4 is 5.56 Å². The molecule has 0 saturated carbocycles. The number of fused-ring (bicyclic) bond motifs is 1. The average molecular weight is 392 g/mol. The fourth-order valence-corrected chi connectivity index (χ4v) is 3.56. The molecule has 1 aromatic carbocycles. The molecule has 1 aliphatic heterocycles. The Morgan fingerprint density at radius 3 is 2.61 bits per heavy atom. The number of ether oxygens (including phenoxy) is 1. The molecule has 0 bridgehead atoms. The quantitative estimate of drug-likeness (QED) is 0.734. The highest BCUT2D eigenvalue weighted by atomic mass is 19.4. The number of nitrogens with zero attached hydrogens (tertiary/aromatic N) is 3. The summed E-state index contributed by atoms with van der Waals surface area (Å²) < 4.78 is 45.8. The fourth-order valence-electron chi connectivity index (χ4n) is 3.56. The van der Waals surface area contributed by atoms with E-state index in [1.165, 1.54) is 12.1 Å². The van der Waals surface area contributed by atoms with Crippen molar-refractivity contribution in [1.82, 2.24) is 19.7 Å². The number of halogens is 3. The van der Waals surface area contributed by atoms with E-state index in [2.05, 4.69) is 15.1 Å². The number of benzene rings is 1. The van der Waals surface area contributed by atoms with Crippen LogP contribution in [0.1, 0.15) is 54.6 Å². The minimum absolute atomic E-state index is 0.283. The van der Waals surface area contributed by atoms with Gasteiger partial charge < -0.3 is 9.72 Å². The topological polar surface area (TPSA) is 72.8 Å². The summed E-state index contributed by atoms with van der Waals surface area (Å²) in [4.78, 5) is 19.7. The molecule has 0 aliphatic carbocycles. The lowest BCUT2D eigenvalue weighted by atomic mass is 10.1. The van der Waals surface area contributed by atoms with Crippen LogP contribution in [0.15, 0.2) is 29.1 Å². The van der Waals surface area contributed by atoms with Gasteiger partial charge in [-0.1, -0.05) is 12.1 Å². The summed E-state index contributed by atoms with van der Waals surface area (Å²) in [6, 6.07) is 4.53. The van der Waals surface area contributed by atoms with Crippen LogP contribution in [-0.4, -0.2) is 26.4 Å². The van der Waals surface area contributed by atoms with Crippen molar-refractivity contribution in [1.29, 1.82) is 0 Å². The van der Waals surface area contributed by atoms with Gasteiger partial charge in [0.2, 0.25) is 0 Å². The van der Waals surface area contributed by atoms with Crippen LogP contribution in [0, 0.1) is 6.92 Å². The Labute approximate surface area is 158 Å². The molecule has 28 heavy (non-hydrogen) atoms. The van der Waals surface area contributed by atoms with Crippen LogP contribution in [0.5, 0.6) is 0 Å². The number of hydrogen-bond acceptors (Lipinski definition) is 4. The molecule has 1 N–H and O–H groups in total. The summed E-state index contributed by atoms with van der Waals surface area (Å²) in [5, 5.41) is 4.98. The number of alkyl halides is 3. The van der Waals surface area contributed by atoms with E-state index in [0.29, 0.717) is 34.7 Å². The third-order valence-corrected chi connectivity index (χ3v) is 5.03. The predicted octanol–water partition coefficient (Wildman–Crippen LogP) is 3.91. The summed E-state index contributed by atoms with van der Waals surface area (Å²) in [6.45, 7) is 4.09. The zero-order valence-electron chi connectivity index (χ0n) is 15.4. The van der Waals surface area contributed by atoms with Crippen molar-refractivity contribution in [2.24, 2.45) is 0 Å². The number of hydrogen-bond donors (Lipinski definition) is 1. The molecule has 4 rings (SSSR count). The Hall–Kier alpha value is -2.68. The van der Waals surface area contributed by atoms with Gasteiger partial charge in [0.1, 0.15) is 23.0 Å². The van der Waals surface area contributed by atoms with E-state index in [-0.39, 0.29) is 11.7 Å². The van der Waals surface area contributed by atoms with Crippen molar-refractivity contribution < 1.29 is 17.9 Å². The molecule has 0 unspecified atom stereocenters. The van der Waals surface area contributed by atoms with Gasteiger partial charge in [-0.25, -0.2) is 9.67 Å². The van der Waals surface area contributed by atoms with Gasteiger partial charge in [-0.05, 0) is 44.4 Å².